The van der Waals surface area contributed by atoms with Gasteiger partial charge in [-0.05, 0) is 61.2 Å². The van der Waals surface area contributed by atoms with Gasteiger partial charge in [0.15, 0.2) is 0 Å². The Labute approximate surface area is 177 Å². The van der Waals surface area contributed by atoms with Gasteiger partial charge < -0.3 is 4.90 Å². The van der Waals surface area contributed by atoms with E-state index in [4.69, 9.17) is 0 Å². The fourth-order valence-corrected chi connectivity index (χ4v) is 4.32. The van der Waals surface area contributed by atoms with Crippen molar-refractivity contribution in [2.24, 2.45) is 0 Å². The van der Waals surface area contributed by atoms with Crippen LogP contribution in [0, 0.1) is 0 Å². The second-order valence-corrected chi connectivity index (χ2v) is 7.94. The monoisotopic (exact) mass is 401 g/mol. The van der Waals surface area contributed by atoms with Crippen LogP contribution in [0.4, 0.5) is 11.4 Å². The van der Waals surface area contributed by atoms with Crippen molar-refractivity contribution >= 4 is 34.5 Å². The smallest absolute Gasteiger partial charge is 0.0892 e. The van der Waals surface area contributed by atoms with Crippen molar-refractivity contribution in [3.05, 3.63) is 94.7 Å². The molecule has 1 aliphatic heterocycles. The Morgan fingerprint density at radius 3 is 2.38 bits per heavy atom. The first-order valence-corrected chi connectivity index (χ1v) is 11.1. The van der Waals surface area contributed by atoms with Gasteiger partial charge in [0.2, 0.25) is 0 Å². The number of rotatable bonds is 7. The number of thiophene rings is 1. The molecule has 1 unspecified atom stereocenters. The highest BCUT2D eigenvalue weighted by molar-refractivity contribution is 7.11. The minimum absolute atomic E-state index is 0.150. The van der Waals surface area contributed by atoms with Crippen LogP contribution in [0.25, 0.3) is 11.8 Å². The molecular formula is C25H27N3S. The summed E-state index contributed by atoms with van der Waals surface area (Å²) in [4.78, 5) is 3.62. The van der Waals surface area contributed by atoms with E-state index in [-0.39, 0.29) is 6.04 Å². The molecule has 29 heavy (non-hydrogen) atoms. The lowest BCUT2D eigenvalue weighted by atomic mass is 10.1. The summed E-state index contributed by atoms with van der Waals surface area (Å²) in [7, 11) is 0. The molecule has 0 radical (unpaired) electrons. The summed E-state index contributed by atoms with van der Waals surface area (Å²) < 4.78 is 0. The first-order chi connectivity index (χ1) is 14.3. The van der Waals surface area contributed by atoms with Gasteiger partial charge >= 0.3 is 0 Å². The number of hydrogen-bond donors (Lipinski definition) is 1. The highest BCUT2D eigenvalue weighted by Gasteiger charge is 2.24. The van der Waals surface area contributed by atoms with Crippen molar-refractivity contribution in [3.8, 4) is 0 Å². The summed E-state index contributed by atoms with van der Waals surface area (Å²) in [6, 6.07) is 23.7. The van der Waals surface area contributed by atoms with Gasteiger partial charge in [0.05, 0.1) is 22.3 Å². The van der Waals surface area contributed by atoms with Crippen molar-refractivity contribution in [1.29, 1.82) is 0 Å². The topological polar surface area (TPSA) is 18.5 Å². The summed E-state index contributed by atoms with van der Waals surface area (Å²) >= 11 is 1.76. The average molecular weight is 402 g/mol. The number of nitrogens with one attached hydrogen (secondary N) is 1. The van der Waals surface area contributed by atoms with Gasteiger partial charge in [-0.2, -0.15) is 0 Å². The minimum atomic E-state index is 0.150. The average Bonchev–Trinajstić information content (AvgIpc) is 3.45. The Hall–Kier alpha value is -2.98. The Kier molecular flexibility index (Phi) is 6.01. The molecule has 0 saturated carbocycles. The third kappa shape index (κ3) is 4.38. The normalized spacial score (nSPS) is 16.1. The molecule has 1 aliphatic rings. The largest absolute Gasteiger partial charge is 0.372 e. The molecule has 3 nitrogen and oxygen atoms in total. The molecular weight excluding hydrogens is 374 g/mol. The molecule has 0 amide bonds. The highest BCUT2D eigenvalue weighted by Crippen LogP contribution is 2.29. The molecule has 1 aromatic heterocycles. The van der Waals surface area contributed by atoms with E-state index >= 15 is 0 Å². The van der Waals surface area contributed by atoms with E-state index in [1.165, 1.54) is 16.1 Å². The fourth-order valence-electron chi connectivity index (χ4n) is 3.62. The second kappa shape index (κ2) is 9.01. The van der Waals surface area contributed by atoms with E-state index < -0.39 is 0 Å². The number of anilines is 2. The van der Waals surface area contributed by atoms with Crippen molar-refractivity contribution in [1.82, 2.24) is 5.43 Å². The third-order valence-corrected chi connectivity index (χ3v) is 6.11. The molecule has 2 aromatic carbocycles. The van der Waals surface area contributed by atoms with Crippen LogP contribution in [0.5, 0.6) is 0 Å². The maximum atomic E-state index is 3.58. The molecule has 0 saturated heterocycles. The van der Waals surface area contributed by atoms with Crippen LogP contribution in [0.1, 0.15) is 24.3 Å². The third-order valence-electron chi connectivity index (χ3n) is 5.21. The van der Waals surface area contributed by atoms with Crippen molar-refractivity contribution in [2.45, 2.75) is 19.9 Å². The van der Waals surface area contributed by atoms with E-state index in [1.807, 2.05) is 0 Å². The summed E-state index contributed by atoms with van der Waals surface area (Å²) in [6.07, 6.45) is 6.76. The van der Waals surface area contributed by atoms with Gasteiger partial charge in [-0.25, -0.2) is 0 Å². The number of hydrazine groups is 1. The lowest BCUT2D eigenvalue weighted by Crippen LogP contribution is -2.37. The van der Waals surface area contributed by atoms with E-state index in [9.17, 15) is 0 Å². The summed E-state index contributed by atoms with van der Waals surface area (Å²) in [5, 5.41) is 4.33. The first kappa shape index (κ1) is 19.3. The number of hydrogen-bond acceptors (Lipinski definition) is 4. The summed E-state index contributed by atoms with van der Waals surface area (Å²) in [5.41, 5.74) is 8.39. The van der Waals surface area contributed by atoms with Crippen molar-refractivity contribution in [2.75, 3.05) is 23.0 Å². The standard InChI is InChI=1S/C25H27N3S/c1-3-27(4-2)21-15-12-20(13-16-21)14-17-23-19-24(25-11-8-18-29-25)26-28(23)22-9-6-5-7-10-22/h5-19,23,26H,3-4H2,1-2H3. The van der Waals surface area contributed by atoms with Gasteiger partial charge in [0.1, 0.15) is 0 Å². The van der Waals surface area contributed by atoms with Crippen LogP contribution >= 0.6 is 11.3 Å². The predicted molar refractivity (Wildman–Crippen MR) is 127 cm³/mol. The van der Waals surface area contributed by atoms with Crippen LogP contribution in [-0.2, 0) is 0 Å². The predicted octanol–water partition coefficient (Wildman–Crippen LogP) is 6.04. The molecule has 4 heteroatoms. The van der Waals surface area contributed by atoms with E-state index in [2.05, 4.69) is 120 Å². The van der Waals surface area contributed by atoms with Crippen molar-refractivity contribution in [3.63, 3.8) is 0 Å². The fraction of sp³-hybridized carbons (Fsp3) is 0.200. The molecule has 3 aromatic rings. The zero-order valence-corrected chi connectivity index (χ0v) is 17.8. The zero-order valence-electron chi connectivity index (χ0n) is 17.0. The quantitative estimate of drug-likeness (QED) is 0.520. The van der Waals surface area contributed by atoms with Gasteiger partial charge in [0, 0.05) is 18.8 Å². The lowest BCUT2D eigenvalue weighted by Gasteiger charge is -2.25. The van der Waals surface area contributed by atoms with Crippen molar-refractivity contribution < 1.29 is 0 Å². The number of benzene rings is 2. The van der Waals surface area contributed by atoms with Crippen LogP contribution < -0.4 is 15.3 Å². The van der Waals surface area contributed by atoms with Crippen LogP contribution in [-0.4, -0.2) is 19.1 Å². The van der Waals surface area contributed by atoms with Gasteiger partial charge in [-0.15, -0.1) is 11.3 Å². The van der Waals surface area contributed by atoms with Gasteiger partial charge in [-0.1, -0.05) is 48.6 Å². The maximum Gasteiger partial charge on any atom is 0.0892 e. The van der Waals surface area contributed by atoms with E-state index in [0.717, 1.165) is 24.5 Å². The number of para-hydroxylation sites is 1. The van der Waals surface area contributed by atoms with Crippen LogP contribution in [0.15, 0.2) is 84.3 Å². The molecule has 1 N–H and O–H groups in total. The van der Waals surface area contributed by atoms with Crippen LogP contribution in [0.3, 0.4) is 0 Å². The molecule has 0 fully saturated rings. The Morgan fingerprint density at radius 2 is 1.72 bits per heavy atom. The van der Waals surface area contributed by atoms with Crippen LogP contribution in [0.2, 0.25) is 0 Å². The summed E-state index contributed by atoms with van der Waals surface area (Å²) in [6.45, 7) is 6.45. The molecule has 4 rings (SSSR count). The second-order valence-electron chi connectivity index (χ2n) is 6.99. The summed E-state index contributed by atoms with van der Waals surface area (Å²) in [5.74, 6) is 0. The van der Waals surface area contributed by atoms with E-state index in [0.29, 0.717) is 0 Å². The van der Waals surface area contributed by atoms with Gasteiger partial charge in [-0.3, -0.25) is 10.4 Å². The molecule has 0 spiro atoms. The molecule has 2 heterocycles. The Balaban J connectivity index is 1.56. The lowest BCUT2D eigenvalue weighted by molar-refractivity contribution is 0.780. The SMILES string of the molecule is CCN(CC)c1ccc(C=CC2C=C(c3cccs3)NN2c2ccccc2)cc1. The van der Waals surface area contributed by atoms with Gasteiger partial charge in [0.25, 0.3) is 0 Å². The molecule has 0 aliphatic carbocycles. The molecule has 148 valence electrons. The minimum Gasteiger partial charge on any atom is -0.372 e. The van der Waals surface area contributed by atoms with E-state index in [1.54, 1.807) is 11.3 Å². The number of nitrogens with zero attached hydrogens (tertiary/aromatic N) is 2. The zero-order chi connectivity index (χ0) is 20.1. The maximum absolute atomic E-state index is 3.58. The molecule has 0 bridgehead atoms. The Morgan fingerprint density at radius 1 is 0.966 bits per heavy atom. The molecule has 1 atom stereocenters. The Bertz CT molecular complexity index is 955. The first-order valence-electron chi connectivity index (χ1n) is 10.2. The highest BCUT2D eigenvalue weighted by atomic mass is 32.1.